The Morgan fingerprint density at radius 2 is 1.53 bits per heavy atom. The van der Waals surface area contributed by atoms with Crippen molar-refractivity contribution in [2.24, 2.45) is 41.4 Å². The van der Waals surface area contributed by atoms with Gasteiger partial charge in [0.25, 0.3) is 5.91 Å². The number of nitrogens with one attached hydrogen (secondary N) is 1. The standard InChI is InChI=1S/C37H38N2O8/c1-19(2)18-37(38-32(41)21-12-8-6-9-13-21)30-25(36(45)47-5)17-22(35(44)46-4)16-24-28(30)26(31(37)40)20(3)27-29(24)34(43)39(33(27)42)23-14-10-7-11-15-23/h6-15,17,19-20,24-25,27,29-30H,16,18H2,1-5H3,(H,38,41)/t20-,24+,25+,27-,29+,30+,37-/m0/s1. The number of hydrogen-bond acceptors (Lipinski definition) is 8. The Morgan fingerprint density at radius 1 is 0.915 bits per heavy atom. The molecule has 1 aliphatic heterocycles. The number of benzene rings is 2. The number of anilines is 1. The number of hydrogen-bond donors (Lipinski definition) is 1. The number of rotatable bonds is 7. The summed E-state index contributed by atoms with van der Waals surface area (Å²) in [5.74, 6) is -8.77. The second kappa shape index (κ2) is 12.1. The number of para-hydroxylation sites is 1. The van der Waals surface area contributed by atoms with Gasteiger partial charge in [0.2, 0.25) is 11.8 Å². The molecule has 7 atom stereocenters. The summed E-state index contributed by atoms with van der Waals surface area (Å²) in [7, 11) is 2.46. The molecular weight excluding hydrogens is 600 g/mol. The van der Waals surface area contributed by atoms with Crippen LogP contribution in [-0.2, 0) is 33.4 Å². The quantitative estimate of drug-likeness (QED) is 0.354. The van der Waals surface area contributed by atoms with Crippen molar-refractivity contribution < 1.29 is 38.2 Å². The molecule has 3 amide bonds. The number of imide groups is 1. The van der Waals surface area contributed by atoms with Crippen LogP contribution in [0.25, 0.3) is 0 Å². The van der Waals surface area contributed by atoms with Gasteiger partial charge in [-0.05, 0) is 54.9 Å². The van der Waals surface area contributed by atoms with Crippen molar-refractivity contribution in [3.63, 3.8) is 0 Å². The normalized spacial score (nSPS) is 29.6. The lowest BCUT2D eigenvalue weighted by Gasteiger charge is -2.41. The minimum atomic E-state index is -1.64. The number of ketones is 1. The van der Waals surface area contributed by atoms with Gasteiger partial charge < -0.3 is 14.8 Å². The van der Waals surface area contributed by atoms with Gasteiger partial charge in [-0.1, -0.05) is 68.8 Å². The molecule has 0 radical (unpaired) electrons. The second-order valence-electron chi connectivity index (χ2n) is 13.3. The molecule has 1 N–H and O–H groups in total. The summed E-state index contributed by atoms with van der Waals surface area (Å²) in [5.41, 5.74) is 0.109. The molecule has 1 saturated heterocycles. The van der Waals surface area contributed by atoms with Crippen molar-refractivity contribution in [3.05, 3.63) is 89.0 Å². The fourth-order valence-corrected chi connectivity index (χ4v) is 8.60. The lowest BCUT2D eigenvalue weighted by atomic mass is 9.62. The van der Waals surface area contributed by atoms with Crippen molar-refractivity contribution >= 4 is 41.1 Å². The number of carbonyl (C=O) groups excluding carboxylic acids is 6. The van der Waals surface area contributed by atoms with E-state index in [4.69, 9.17) is 9.47 Å². The van der Waals surface area contributed by atoms with Gasteiger partial charge >= 0.3 is 11.9 Å². The predicted molar refractivity (Wildman–Crippen MR) is 170 cm³/mol. The number of esters is 2. The zero-order valence-electron chi connectivity index (χ0n) is 27.0. The van der Waals surface area contributed by atoms with Crippen LogP contribution in [0.5, 0.6) is 0 Å². The number of ether oxygens (including phenoxy) is 2. The summed E-state index contributed by atoms with van der Waals surface area (Å²) >= 11 is 0. The average molecular weight is 639 g/mol. The monoisotopic (exact) mass is 638 g/mol. The Bertz CT molecular complexity index is 1730. The molecular formula is C37H38N2O8. The maximum absolute atomic E-state index is 15.1. The van der Waals surface area contributed by atoms with Crippen molar-refractivity contribution in [3.8, 4) is 0 Å². The van der Waals surface area contributed by atoms with Crippen LogP contribution in [0, 0.1) is 41.4 Å². The number of Topliss-reactive ketones (excluding diaryl/α,β-unsaturated/α-hetero) is 1. The minimum absolute atomic E-state index is 0.0390. The van der Waals surface area contributed by atoms with Crippen LogP contribution < -0.4 is 10.2 Å². The fraction of sp³-hybridized carbons (Fsp3) is 0.405. The molecule has 2 aromatic carbocycles. The Hall–Kier alpha value is -4.86. The van der Waals surface area contributed by atoms with Crippen LogP contribution in [0.1, 0.15) is 44.0 Å². The van der Waals surface area contributed by atoms with E-state index >= 15 is 4.79 Å². The first-order valence-corrected chi connectivity index (χ1v) is 15.9. The molecule has 4 aliphatic rings. The number of amides is 3. The third-order valence-corrected chi connectivity index (χ3v) is 10.3. The first-order chi connectivity index (χ1) is 22.5. The van der Waals surface area contributed by atoms with Crippen molar-refractivity contribution in [2.75, 3.05) is 19.1 Å². The SMILES string of the molecule is COC(=O)C1=C[C@@H](C(=O)OC)[C@@H]2C3=C(C(=O)[C@@]2(CC(C)C)NC(=O)c2ccccc2)[C@H](C)[C@@H]2C(=O)N(c4ccccc4)C(=O)[C@@H]2[C@@H]3C1. The Morgan fingerprint density at radius 3 is 2.13 bits per heavy atom. The minimum Gasteiger partial charge on any atom is -0.469 e. The largest absolute Gasteiger partial charge is 0.469 e. The van der Waals surface area contributed by atoms with E-state index in [0.717, 1.165) is 0 Å². The summed E-state index contributed by atoms with van der Waals surface area (Å²) in [6.07, 6.45) is 1.59. The van der Waals surface area contributed by atoms with E-state index in [1.165, 1.54) is 25.2 Å². The molecule has 244 valence electrons. The molecule has 0 bridgehead atoms. The highest BCUT2D eigenvalue weighted by Gasteiger charge is 2.68. The van der Waals surface area contributed by atoms with Gasteiger partial charge in [0.05, 0.1) is 37.7 Å². The van der Waals surface area contributed by atoms with E-state index in [-0.39, 0.29) is 30.1 Å². The van der Waals surface area contributed by atoms with Crippen LogP contribution in [0.3, 0.4) is 0 Å². The van der Waals surface area contributed by atoms with Crippen LogP contribution >= 0.6 is 0 Å². The molecule has 0 unspecified atom stereocenters. The highest BCUT2D eigenvalue weighted by molar-refractivity contribution is 6.24. The molecule has 10 heteroatoms. The van der Waals surface area contributed by atoms with Crippen LogP contribution in [-0.4, -0.2) is 55.2 Å². The van der Waals surface area contributed by atoms with Gasteiger partial charge in [0.1, 0.15) is 5.54 Å². The maximum atomic E-state index is 15.1. The molecule has 47 heavy (non-hydrogen) atoms. The van der Waals surface area contributed by atoms with Crippen LogP contribution in [0.4, 0.5) is 5.69 Å². The number of fused-ring (bicyclic) bond motifs is 2. The van der Waals surface area contributed by atoms with E-state index in [1.54, 1.807) is 67.6 Å². The molecule has 3 aliphatic carbocycles. The van der Waals surface area contributed by atoms with Gasteiger partial charge in [-0.2, -0.15) is 0 Å². The van der Waals surface area contributed by atoms with Crippen LogP contribution in [0.2, 0.25) is 0 Å². The van der Waals surface area contributed by atoms with Gasteiger partial charge in [0.15, 0.2) is 5.78 Å². The third kappa shape index (κ3) is 4.92. The van der Waals surface area contributed by atoms with Gasteiger partial charge in [0, 0.05) is 22.6 Å². The average Bonchev–Trinajstić information content (AvgIpc) is 3.37. The lowest BCUT2D eigenvalue weighted by molar-refractivity contribution is -0.146. The summed E-state index contributed by atoms with van der Waals surface area (Å²) < 4.78 is 10.4. The molecule has 1 heterocycles. The molecule has 2 aromatic rings. The fourth-order valence-electron chi connectivity index (χ4n) is 8.60. The van der Waals surface area contributed by atoms with E-state index < -0.39 is 70.7 Å². The smallest absolute Gasteiger partial charge is 0.333 e. The topological polar surface area (TPSA) is 136 Å². The highest BCUT2D eigenvalue weighted by Crippen LogP contribution is 2.61. The number of nitrogens with zero attached hydrogens (tertiary/aromatic N) is 1. The summed E-state index contributed by atoms with van der Waals surface area (Å²) in [6.45, 7) is 5.60. The second-order valence-corrected chi connectivity index (χ2v) is 13.3. The van der Waals surface area contributed by atoms with Crippen molar-refractivity contribution in [1.29, 1.82) is 0 Å². The summed E-state index contributed by atoms with van der Waals surface area (Å²) in [5, 5.41) is 3.08. The Labute approximate surface area is 273 Å². The first-order valence-electron chi connectivity index (χ1n) is 15.9. The number of methoxy groups -OCH3 is 2. The van der Waals surface area contributed by atoms with Crippen LogP contribution in [0.15, 0.2) is 83.5 Å². The van der Waals surface area contributed by atoms with Crippen molar-refractivity contribution in [1.82, 2.24) is 5.32 Å². The van der Waals surface area contributed by atoms with Gasteiger partial charge in [-0.15, -0.1) is 0 Å². The molecule has 10 nitrogen and oxygen atoms in total. The summed E-state index contributed by atoms with van der Waals surface area (Å²) in [6, 6.07) is 17.1. The van der Waals surface area contributed by atoms with Gasteiger partial charge in [-0.3, -0.25) is 28.9 Å². The molecule has 0 saturated carbocycles. The molecule has 6 rings (SSSR count). The predicted octanol–water partition coefficient (Wildman–Crippen LogP) is 4.06. The Kier molecular flexibility index (Phi) is 8.23. The summed E-state index contributed by atoms with van der Waals surface area (Å²) in [4.78, 5) is 85.9. The van der Waals surface area contributed by atoms with Gasteiger partial charge in [-0.25, -0.2) is 4.79 Å². The van der Waals surface area contributed by atoms with E-state index in [2.05, 4.69) is 5.32 Å². The maximum Gasteiger partial charge on any atom is 0.333 e. The zero-order chi connectivity index (χ0) is 33.8. The molecule has 0 aromatic heterocycles. The van der Waals surface area contributed by atoms with E-state index in [9.17, 15) is 24.0 Å². The molecule has 1 fully saturated rings. The van der Waals surface area contributed by atoms with E-state index in [1.807, 2.05) is 13.8 Å². The highest BCUT2D eigenvalue weighted by atomic mass is 16.5. The zero-order valence-corrected chi connectivity index (χ0v) is 27.0. The lowest BCUT2D eigenvalue weighted by Crippen LogP contribution is -2.60. The molecule has 0 spiro atoms. The van der Waals surface area contributed by atoms with Crippen molar-refractivity contribution in [2.45, 2.75) is 39.2 Å². The van der Waals surface area contributed by atoms with E-state index in [0.29, 0.717) is 22.4 Å². The Balaban J connectivity index is 1.60. The first kappa shape index (κ1) is 32.1. The number of carbonyl (C=O) groups is 6. The third-order valence-electron chi connectivity index (χ3n) is 10.3.